The molecule has 2 aromatic carbocycles. The number of rotatable bonds is 2. The van der Waals surface area contributed by atoms with E-state index in [1.807, 2.05) is 30.3 Å². The van der Waals surface area contributed by atoms with Gasteiger partial charge in [0.15, 0.2) is 11.2 Å². The van der Waals surface area contributed by atoms with E-state index in [2.05, 4.69) is 15.3 Å². The molecular weight excluding hydrogens is 406 g/mol. The summed E-state index contributed by atoms with van der Waals surface area (Å²) in [7, 11) is 0. The highest BCUT2D eigenvalue weighted by Crippen LogP contribution is 2.34. The van der Waals surface area contributed by atoms with Crippen molar-refractivity contribution in [1.29, 1.82) is 0 Å². The third-order valence-corrected chi connectivity index (χ3v) is 6.02. The first-order chi connectivity index (χ1) is 14.1. The van der Waals surface area contributed by atoms with Gasteiger partial charge in [0.05, 0.1) is 15.6 Å². The molecule has 0 saturated heterocycles. The van der Waals surface area contributed by atoms with Gasteiger partial charge in [-0.3, -0.25) is 14.6 Å². The SMILES string of the molecule is O=C(Nc1nc2ccccc2c2c(=O)c3cc(Cl)ccc3sc12)c1ccccn1. The van der Waals surface area contributed by atoms with Crippen LogP contribution in [0.5, 0.6) is 0 Å². The van der Waals surface area contributed by atoms with Gasteiger partial charge < -0.3 is 5.32 Å². The molecule has 0 spiro atoms. The predicted molar refractivity (Wildman–Crippen MR) is 118 cm³/mol. The summed E-state index contributed by atoms with van der Waals surface area (Å²) in [5, 5.41) is 5.14. The smallest absolute Gasteiger partial charge is 0.275 e. The molecule has 5 aromatic rings. The van der Waals surface area contributed by atoms with Crippen LogP contribution >= 0.6 is 22.9 Å². The molecule has 29 heavy (non-hydrogen) atoms. The second-order valence-electron chi connectivity index (χ2n) is 6.42. The van der Waals surface area contributed by atoms with Crippen LogP contribution in [0.1, 0.15) is 10.5 Å². The van der Waals surface area contributed by atoms with Gasteiger partial charge in [-0.1, -0.05) is 35.9 Å². The number of nitrogens with one attached hydrogen (secondary N) is 1. The minimum atomic E-state index is -0.384. The average molecular weight is 418 g/mol. The summed E-state index contributed by atoms with van der Waals surface area (Å²) in [5.41, 5.74) is 0.765. The fourth-order valence-corrected chi connectivity index (χ4v) is 4.57. The first-order valence-electron chi connectivity index (χ1n) is 8.79. The Kier molecular flexibility index (Phi) is 4.23. The van der Waals surface area contributed by atoms with E-state index in [0.717, 1.165) is 10.1 Å². The minimum absolute atomic E-state index is 0.136. The molecule has 3 heterocycles. The van der Waals surface area contributed by atoms with E-state index in [-0.39, 0.29) is 17.0 Å². The number of halogens is 1. The number of hydrogen-bond acceptors (Lipinski definition) is 5. The lowest BCUT2D eigenvalue weighted by Crippen LogP contribution is -2.15. The summed E-state index contributed by atoms with van der Waals surface area (Å²) in [5.74, 6) is -0.0427. The summed E-state index contributed by atoms with van der Waals surface area (Å²) in [6.45, 7) is 0. The third-order valence-electron chi connectivity index (χ3n) is 4.60. The van der Waals surface area contributed by atoms with Crippen molar-refractivity contribution in [2.45, 2.75) is 0 Å². The van der Waals surface area contributed by atoms with E-state index in [1.165, 1.54) is 11.3 Å². The molecular formula is C22H12ClN3O2S. The molecule has 5 rings (SSSR count). The van der Waals surface area contributed by atoms with E-state index in [4.69, 9.17) is 11.6 Å². The number of amides is 1. The van der Waals surface area contributed by atoms with Crippen LogP contribution in [0.15, 0.2) is 71.7 Å². The summed E-state index contributed by atoms with van der Waals surface area (Å²) in [6.07, 6.45) is 1.55. The zero-order valence-electron chi connectivity index (χ0n) is 14.8. The molecule has 7 heteroatoms. The van der Waals surface area contributed by atoms with Crippen molar-refractivity contribution in [2.75, 3.05) is 5.32 Å². The van der Waals surface area contributed by atoms with Crippen molar-refractivity contribution in [2.24, 2.45) is 0 Å². The highest BCUT2D eigenvalue weighted by Gasteiger charge is 2.17. The zero-order chi connectivity index (χ0) is 20.0. The molecule has 0 aliphatic heterocycles. The molecule has 1 amide bonds. The molecule has 0 radical (unpaired) electrons. The number of anilines is 1. The lowest BCUT2D eigenvalue weighted by atomic mass is 10.1. The summed E-state index contributed by atoms with van der Waals surface area (Å²) in [6, 6.07) is 17.7. The molecule has 0 aliphatic rings. The van der Waals surface area contributed by atoms with Gasteiger partial charge in [-0.25, -0.2) is 4.98 Å². The minimum Gasteiger partial charge on any atom is -0.304 e. The van der Waals surface area contributed by atoms with Gasteiger partial charge in [-0.15, -0.1) is 11.3 Å². The fraction of sp³-hybridized carbons (Fsp3) is 0. The Morgan fingerprint density at radius 3 is 2.66 bits per heavy atom. The van der Waals surface area contributed by atoms with Crippen LogP contribution in [-0.2, 0) is 0 Å². The molecule has 3 aromatic heterocycles. The van der Waals surface area contributed by atoms with Gasteiger partial charge in [0, 0.05) is 26.7 Å². The lowest BCUT2D eigenvalue weighted by Gasteiger charge is -2.11. The fourth-order valence-electron chi connectivity index (χ4n) is 3.29. The summed E-state index contributed by atoms with van der Waals surface area (Å²) < 4.78 is 1.39. The number of fused-ring (bicyclic) bond motifs is 4. The molecule has 140 valence electrons. The first-order valence-corrected chi connectivity index (χ1v) is 9.98. The van der Waals surface area contributed by atoms with E-state index in [9.17, 15) is 9.59 Å². The maximum Gasteiger partial charge on any atom is 0.275 e. The highest BCUT2D eigenvalue weighted by atomic mass is 35.5. The van der Waals surface area contributed by atoms with Gasteiger partial charge in [-0.2, -0.15) is 0 Å². The predicted octanol–water partition coefficient (Wildman–Crippen LogP) is 5.26. The highest BCUT2D eigenvalue weighted by molar-refractivity contribution is 7.25. The molecule has 0 bridgehead atoms. The van der Waals surface area contributed by atoms with Gasteiger partial charge in [-0.05, 0) is 36.4 Å². The summed E-state index contributed by atoms with van der Waals surface area (Å²) >= 11 is 7.51. The maximum absolute atomic E-state index is 13.4. The molecule has 1 N–H and O–H groups in total. The number of carbonyl (C=O) groups is 1. The van der Waals surface area contributed by atoms with Crippen molar-refractivity contribution in [3.8, 4) is 0 Å². The number of pyridine rings is 2. The molecule has 0 atom stereocenters. The van der Waals surface area contributed by atoms with Crippen LogP contribution in [0.25, 0.3) is 31.1 Å². The third kappa shape index (κ3) is 3.03. The van der Waals surface area contributed by atoms with Crippen molar-refractivity contribution in [1.82, 2.24) is 9.97 Å². The van der Waals surface area contributed by atoms with Crippen molar-refractivity contribution in [3.05, 3.63) is 87.8 Å². The Labute approximate surface area is 173 Å². The van der Waals surface area contributed by atoms with Crippen LogP contribution < -0.4 is 10.7 Å². The number of hydrogen-bond donors (Lipinski definition) is 1. The first kappa shape index (κ1) is 17.7. The monoisotopic (exact) mass is 417 g/mol. The topological polar surface area (TPSA) is 72.0 Å². The Balaban J connectivity index is 1.83. The largest absolute Gasteiger partial charge is 0.304 e. The number of aromatic nitrogens is 2. The zero-order valence-corrected chi connectivity index (χ0v) is 16.4. The second-order valence-corrected chi connectivity index (χ2v) is 7.91. The normalized spacial score (nSPS) is 11.2. The number of nitrogens with zero attached hydrogens (tertiary/aromatic N) is 2. The van der Waals surface area contributed by atoms with Crippen LogP contribution in [0, 0.1) is 0 Å². The standard InChI is InChI=1S/C22H12ClN3O2S/c23-12-8-9-17-14(11-12)19(27)18-13-5-1-2-6-15(13)25-21(20(18)29-17)26-22(28)16-7-3-4-10-24-16/h1-11H,(H,25,26,28). The quantitative estimate of drug-likeness (QED) is 0.314. The molecule has 0 fully saturated rings. The van der Waals surface area contributed by atoms with Gasteiger partial charge in [0.25, 0.3) is 5.91 Å². The molecule has 5 nitrogen and oxygen atoms in total. The van der Waals surface area contributed by atoms with Crippen LogP contribution in [-0.4, -0.2) is 15.9 Å². The van der Waals surface area contributed by atoms with Crippen LogP contribution in [0.4, 0.5) is 5.82 Å². The maximum atomic E-state index is 13.4. The number of carbonyl (C=O) groups excluding carboxylic acids is 1. The second kappa shape index (κ2) is 6.92. The van der Waals surface area contributed by atoms with Gasteiger partial charge in [0.2, 0.25) is 0 Å². The van der Waals surface area contributed by atoms with Gasteiger partial charge >= 0.3 is 0 Å². The number of para-hydroxylation sites is 1. The lowest BCUT2D eigenvalue weighted by molar-refractivity contribution is 0.102. The molecule has 0 saturated carbocycles. The Hall–Kier alpha value is -3.35. The van der Waals surface area contributed by atoms with E-state index >= 15 is 0 Å². The van der Waals surface area contributed by atoms with E-state index < -0.39 is 0 Å². The Bertz CT molecular complexity index is 1480. The van der Waals surface area contributed by atoms with Crippen molar-refractivity contribution >= 4 is 65.7 Å². The Morgan fingerprint density at radius 1 is 1.00 bits per heavy atom. The summed E-state index contributed by atoms with van der Waals surface area (Å²) in [4.78, 5) is 34.7. The van der Waals surface area contributed by atoms with Crippen molar-refractivity contribution < 1.29 is 4.79 Å². The number of benzene rings is 2. The molecule has 0 unspecified atom stereocenters. The molecule has 0 aliphatic carbocycles. The van der Waals surface area contributed by atoms with Crippen molar-refractivity contribution in [3.63, 3.8) is 0 Å². The Morgan fingerprint density at radius 2 is 1.83 bits per heavy atom. The van der Waals surface area contributed by atoms with Crippen LogP contribution in [0.3, 0.4) is 0 Å². The van der Waals surface area contributed by atoms with E-state index in [1.54, 1.807) is 36.5 Å². The van der Waals surface area contributed by atoms with Gasteiger partial charge in [0.1, 0.15) is 5.69 Å². The average Bonchev–Trinajstić information content (AvgIpc) is 2.75. The van der Waals surface area contributed by atoms with Crippen LogP contribution in [0.2, 0.25) is 5.02 Å². The van der Waals surface area contributed by atoms with E-state index in [0.29, 0.717) is 31.8 Å².